The van der Waals surface area contributed by atoms with Crippen molar-refractivity contribution < 1.29 is 85.2 Å². The summed E-state index contributed by atoms with van der Waals surface area (Å²) in [5.41, 5.74) is 0. The Hall–Kier alpha value is -1.66. The van der Waals surface area contributed by atoms with Crippen LogP contribution in [0.2, 0.25) is 0 Å². The average Bonchev–Trinajstić information content (AvgIpc) is 2.33. The molecule has 0 fully saturated rings. The summed E-state index contributed by atoms with van der Waals surface area (Å²) < 4.78 is 188. The first-order chi connectivity index (χ1) is 11.4. The predicted octanol–water partition coefficient (Wildman–Crippen LogP) is 4.31. The molecule has 4 nitrogen and oxygen atoms in total. The SMILES string of the molecule is O=C(O)C(F)(F)C(F)(F)OC(F)(F)C(F)(F)OC(F)(F)C(F)(F)C(F)(F)F. The molecule has 162 valence electrons. The van der Waals surface area contributed by atoms with Crippen molar-refractivity contribution in [2.45, 2.75) is 42.5 Å². The Balaban J connectivity index is 5.85. The zero-order chi connectivity index (χ0) is 22.5. The molecule has 0 aromatic carbocycles. The van der Waals surface area contributed by atoms with Gasteiger partial charge in [-0.15, -0.1) is 0 Å². The van der Waals surface area contributed by atoms with Crippen molar-refractivity contribution in [1.29, 1.82) is 0 Å². The zero-order valence-corrected chi connectivity index (χ0v) is 11.3. The van der Waals surface area contributed by atoms with Gasteiger partial charge in [-0.05, 0) is 0 Å². The highest BCUT2D eigenvalue weighted by atomic mass is 19.4. The van der Waals surface area contributed by atoms with Gasteiger partial charge in [-0.2, -0.15) is 65.9 Å². The van der Waals surface area contributed by atoms with Gasteiger partial charge < -0.3 is 5.11 Å². The molecule has 27 heavy (non-hydrogen) atoms. The number of alkyl halides is 15. The predicted molar refractivity (Wildman–Crippen MR) is 45.5 cm³/mol. The van der Waals surface area contributed by atoms with Crippen LogP contribution in [0.25, 0.3) is 0 Å². The third-order valence-electron chi connectivity index (χ3n) is 2.21. The molecule has 0 unspecified atom stereocenters. The molecule has 0 bridgehead atoms. The molecular formula is C8HF15O4. The van der Waals surface area contributed by atoms with Gasteiger partial charge in [0.05, 0.1) is 0 Å². The van der Waals surface area contributed by atoms with Gasteiger partial charge in [0.25, 0.3) is 0 Å². The lowest BCUT2D eigenvalue weighted by atomic mass is 10.3. The van der Waals surface area contributed by atoms with E-state index in [1.807, 2.05) is 0 Å². The van der Waals surface area contributed by atoms with Crippen LogP contribution in [-0.2, 0) is 14.3 Å². The summed E-state index contributed by atoms with van der Waals surface area (Å²) in [5, 5.41) is 7.64. The topological polar surface area (TPSA) is 55.8 Å². The molecule has 0 rings (SSSR count). The van der Waals surface area contributed by atoms with Crippen LogP contribution < -0.4 is 0 Å². The summed E-state index contributed by atoms with van der Waals surface area (Å²) in [6.45, 7) is 0. The molecule has 19 heteroatoms. The number of ether oxygens (including phenoxy) is 2. The van der Waals surface area contributed by atoms with Gasteiger partial charge in [-0.1, -0.05) is 0 Å². The molecule has 0 saturated heterocycles. The maximum Gasteiger partial charge on any atom is 0.462 e. The van der Waals surface area contributed by atoms with Crippen LogP contribution in [0.1, 0.15) is 0 Å². The largest absolute Gasteiger partial charge is 0.477 e. The van der Waals surface area contributed by atoms with E-state index >= 15 is 0 Å². The molecule has 0 heterocycles. The first-order valence-corrected chi connectivity index (χ1v) is 5.33. The van der Waals surface area contributed by atoms with E-state index in [4.69, 9.17) is 5.11 Å². The number of halogens is 15. The quantitative estimate of drug-likeness (QED) is 0.565. The Labute approximate surface area is 135 Å². The average molecular weight is 446 g/mol. The van der Waals surface area contributed by atoms with Crippen molar-refractivity contribution in [3.8, 4) is 0 Å². The number of carboxylic acid groups (broad SMARTS) is 1. The first kappa shape index (κ1) is 25.3. The molecule has 0 saturated carbocycles. The van der Waals surface area contributed by atoms with Crippen LogP contribution in [0, 0.1) is 0 Å². The van der Waals surface area contributed by atoms with Gasteiger partial charge in [0.2, 0.25) is 0 Å². The Bertz CT molecular complexity index is 565. The highest BCUT2D eigenvalue weighted by Gasteiger charge is 2.80. The number of aliphatic carboxylic acids is 1. The van der Waals surface area contributed by atoms with Crippen molar-refractivity contribution in [2.24, 2.45) is 0 Å². The minimum atomic E-state index is -7.59. The first-order valence-electron chi connectivity index (χ1n) is 5.33. The lowest BCUT2D eigenvalue weighted by molar-refractivity contribution is -0.547. The fourth-order valence-electron chi connectivity index (χ4n) is 0.858. The fourth-order valence-corrected chi connectivity index (χ4v) is 0.858. The normalized spacial score (nSPS) is 15.8. The molecule has 0 aromatic rings. The van der Waals surface area contributed by atoms with Crippen molar-refractivity contribution in [1.82, 2.24) is 0 Å². The number of carboxylic acids is 1. The maximum absolute atomic E-state index is 12.7. The van der Waals surface area contributed by atoms with Gasteiger partial charge in [0, 0.05) is 0 Å². The number of rotatable bonds is 8. The molecular weight excluding hydrogens is 445 g/mol. The van der Waals surface area contributed by atoms with Crippen molar-refractivity contribution >= 4 is 5.97 Å². The maximum atomic E-state index is 12.7. The Kier molecular flexibility index (Phi) is 6.05. The standard InChI is InChI=1S/C8HF15O4/c9-2(10,1(24)25)5(16,17)26-7(20,21)8(22,23)27-6(18,19)3(11,12)4(13,14)15/h(H,24,25). The number of hydrogen-bond donors (Lipinski definition) is 1. The molecule has 0 radical (unpaired) electrons. The molecule has 0 aliphatic heterocycles. The minimum absolute atomic E-state index is 1.26. The summed E-state index contributed by atoms with van der Waals surface area (Å²) in [6, 6.07) is 0. The highest BCUT2D eigenvalue weighted by molar-refractivity contribution is 5.76. The Morgan fingerprint density at radius 2 is 0.852 bits per heavy atom. The summed E-state index contributed by atoms with van der Waals surface area (Å²) in [6.07, 6.45) is -37.0. The second kappa shape index (κ2) is 6.45. The molecule has 0 aliphatic carbocycles. The van der Waals surface area contributed by atoms with E-state index in [1.54, 1.807) is 0 Å². The monoisotopic (exact) mass is 446 g/mol. The Morgan fingerprint density at radius 3 is 1.11 bits per heavy atom. The molecule has 0 spiro atoms. The molecule has 0 amide bonds. The van der Waals surface area contributed by atoms with Crippen LogP contribution in [0.4, 0.5) is 65.9 Å². The molecule has 0 aromatic heterocycles. The highest BCUT2D eigenvalue weighted by Crippen LogP contribution is 2.52. The summed E-state index contributed by atoms with van der Waals surface area (Å²) in [5.74, 6) is -18.3. The summed E-state index contributed by atoms with van der Waals surface area (Å²) >= 11 is 0. The lowest BCUT2D eigenvalue weighted by Gasteiger charge is -2.34. The zero-order valence-electron chi connectivity index (χ0n) is 11.3. The summed E-state index contributed by atoms with van der Waals surface area (Å²) in [4.78, 5) is 9.76. The van der Waals surface area contributed by atoms with E-state index in [-0.39, 0.29) is 0 Å². The minimum Gasteiger partial charge on any atom is -0.477 e. The van der Waals surface area contributed by atoms with E-state index in [0.29, 0.717) is 0 Å². The van der Waals surface area contributed by atoms with Crippen molar-refractivity contribution in [3.05, 3.63) is 0 Å². The second-order valence-corrected chi connectivity index (χ2v) is 4.22. The second-order valence-electron chi connectivity index (χ2n) is 4.22. The van der Waals surface area contributed by atoms with Gasteiger partial charge in [-0.3, -0.25) is 0 Å². The van der Waals surface area contributed by atoms with Crippen molar-refractivity contribution in [2.75, 3.05) is 0 Å². The van der Waals surface area contributed by atoms with Crippen LogP contribution in [0.3, 0.4) is 0 Å². The van der Waals surface area contributed by atoms with Crippen LogP contribution in [-0.4, -0.2) is 53.5 Å². The molecule has 1 N–H and O–H groups in total. The van der Waals surface area contributed by atoms with Crippen LogP contribution >= 0.6 is 0 Å². The molecule has 0 atom stereocenters. The fraction of sp³-hybridized carbons (Fsp3) is 0.875. The van der Waals surface area contributed by atoms with Gasteiger partial charge in [0.1, 0.15) is 0 Å². The van der Waals surface area contributed by atoms with E-state index in [1.165, 1.54) is 9.47 Å². The van der Waals surface area contributed by atoms with Gasteiger partial charge in [-0.25, -0.2) is 14.3 Å². The number of carbonyl (C=O) groups is 1. The van der Waals surface area contributed by atoms with E-state index in [0.717, 1.165) is 0 Å². The van der Waals surface area contributed by atoms with Gasteiger partial charge >= 0.3 is 48.4 Å². The third kappa shape index (κ3) is 4.43. The summed E-state index contributed by atoms with van der Waals surface area (Å²) in [7, 11) is 0. The van der Waals surface area contributed by atoms with E-state index in [9.17, 15) is 70.7 Å². The van der Waals surface area contributed by atoms with Gasteiger partial charge in [0.15, 0.2) is 0 Å². The Morgan fingerprint density at radius 1 is 0.556 bits per heavy atom. The van der Waals surface area contributed by atoms with E-state index in [2.05, 4.69) is 0 Å². The third-order valence-corrected chi connectivity index (χ3v) is 2.21. The lowest BCUT2D eigenvalue weighted by Crippen LogP contribution is -2.61. The molecule has 0 aliphatic rings. The van der Waals surface area contributed by atoms with E-state index < -0.39 is 48.4 Å². The number of hydrogen-bond acceptors (Lipinski definition) is 3. The van der Waals surface area contributed by atoms with Crippen molar-refractivity contribution in [3.63, 3.8) is 0 Å². The smallest absolute Gasteiger partial charge is 0.462 e. The van der Waals surface area contributed by atoms with Crippen LogP contribution in [0.15, 0.2) is 0 Å². The van der Waals surface area contributed by atoms with Crippen LogP contribution in [0.5, 0.6) is 0 Å².